The molecule has 2 aromatic heterocycles. The molecule has 1 atom stereocenters. The zero-order chi connectivity index (χ0) is 23.9. The second-order valence-electron chi connectivity index (χ2n) is 8.39. The summed E-state index contributed by atoms with van der Waals surface area (Å²) < 4.78 is 17.1. The fourth-order valence-corrected chi connectivity index (χ4v) is 4.43. The lowest BCUT2D eigenvalue weighted by Gasteiger charge is -2.22. The van der Waals surface area contributed by atoms with Crippen LogP contribution in [0.4, 0.5) is 5.82 Å². The van der Waals surface area contributed by atoms with Gasteiger partial charge in [0.25, 0.3) is 5.91 Å². The number of fused-ring (bicyclic) bond motifs is 2. The lowest BCUT2D eigenvalue weighted by atomic mass is 9.98. The van der Waals surface area contributed by atoms with Crippen LogP contribution in [0.15, 0.2) is 98.7 Å². The molecule has 0 radical (unpaired) electrons. The standard InChI is InChI=1S/C28H20N2O5/c1-17-15-23(29-35-17)30-25(19-11-13-20(14-12-19)33-16-18-7-3-2-4-8-18)24-26(31)21-9-5-6-10-22(21)34-27(24)28(30)32/h2-15,25H,16H2,1H3/t25-/m0/s1. The number of hydrogen-bond donors (Lipinski definition) is 0. The van der Waals surface area contributed by atoms with Gasteiger partial charge in [-0.25, -0.2) is 0 Å². The Balaban J connectivity index is 1.43. The molecule has 172 valence electrons. The van der Waals surface area contributed by atoms with Crippen LogP contribution < -0.4 is 15.1 Å². The van der Waals surface area contributed by atoms with Crippen molar-refractivity contribution < 1.29 is 18.5 Å². The number of aryl methyl sites for hydroxylation is 1. The third-order valence-electron chi connectivity index (χ3n) is 6.08. The number of ether oxygens (including phenoxy) is 1. The van der Waals surface area contributed by atoms with Crippen molar-refractivity contribution in [2.24, 2.45) is 0 Å². The third kappa shape index (κ3) is 3.58. The summed E-state index contributed by atoms with van der Waals surface area (Å²) in [5, 5.41) is 4.47. The van der Waals surface area contributed by atoms with Gasteiger partial charge in [0, 0.05) is 6.07 Å². The van der Waals surface area contributed by atoms with Gasteiger partial charge in [-0.3, -0.25) is 14.5 Å². The van der Waals surface area contributed by atoms with E-state index in [-0.39, 0.29) is 16.8 Å². The number of anilines is 1. The third-order valence-corrected chi connectivity index (χ3v) is 6.08. The van der Waals surface area contributed by atoms with E-state index >= 15 is 0 Å². The summed E-state index contributed by atoms with van der Waals surface area (Å²) in [5.74, 6) is 1.12. The first kappa shape index (κ1) is 20.9. The maximum absolute atomic E-state index is 13.6. The number of hydrogen-bond acceptors (Lipinski definition) is 6. The first-order valence-corrected chi connectivity index (χ1v) is 11.2. The predicted molar refractivity (Wildman–Crippen MR) is 130 cm³/mol. The van der Waals surface area contributed by atoms with Crippen molar-refractivity contribution >= 4 is 22.7 Å². The van der Waals surface area contributed by atoms with Crippen LogP contribution in [0, 0.1) is 6.92 Å². The average molecular weight is 464 g/mol. The first-order valence-electron chi connectivity index (χ1n) is 11.2. The number of aromatic nitrogens is 1. The van der Waals surface area contributed by atoms with E-state index in [0.717, 1.165) is 11.1 Å². The lowest BCUT2D eigenvalue weighted by Crippen LogP contribution is -2.29. The van der Waals surface area contributed by atoms with Crippen LogP contribution in [0.2, 0.25) is 0 Å². The van der Waals surface area contributed by atoms with Crippen LogP contribution in [0.25, 0.3) is 11.0 Å². The molecule has 7 heteroatoms. The van der Waals surface area contributed by atoms with Gasteiger partial charge in [0.2, 0.25) is 5.76 Å². The summed E-state index contributed by atoms with van der Waals surface area (Å²) in [7, 11) is 0. The molecule has 0 saturated carbocycles. The van der Waals surface area contributed by atoms with Gasteiger partial charge < -0.3 is 13.7 Å². The molecule has 1 aliphatic rings. The van der Waals surface area contributed by atoms with Crippen molar-refractivity contribution in [2.45, 2.75) is 19.6 Å². The van der Waals surface area contributed by atoms with Gasteiger partial charge in [0.05, 0.1) is 17.0 Å². The van der Waals surface area contributed by atoms with Gasteiger partial charge in [-0.1, -0.05) is 59.8 Å². The summed E-state index contributed by atoms with van der Waals surface area (Å²) in [5.41, 5.74) is 2.20. The molecule has 6 rings (SSSR count). The Bertz CT molecular complexity index is 1600. The van der Waals surface area contributed by atoms with Crippen LogP contribution in [-0.2, 0) is 6.61 Å². The zero-order valence-corrected chi connectivity index (χ0v) is 18.8. The maximum atomic E-state index is 13.6. The van der Waals surface area contributed by atoms with Crippen molar-refractivity contribution in [3.05, 3.63) is 123 Å². The summed E-state index contributed by atoms with van der Waals surface area (Å²) in [6.45, 7) is 2.18. The Hall–Kier alpha value is -4.65. The molecular formula is C28H20N2O5. The van der Waals surface area contributed by atoms with E-state index in [1.807, 2.05) is 54.6 Å². The highest BCUT2D eigenvalue weighted by Gasteiger charge is 2.44. The van der Waals surface area contributed by atoms with E-state index in [1.54, 1.807) is 37.3 Å². The Morgan fingerprint density at radius 2 is 1.69 bits per heavy atom. The highest BCUT2D eigenvalue weighted by Crippen LogP contribution is 2.41. The summed E-state index contributed by atoms with van der Waals surface area (Å²) in [4.78, 5) is 28.5. The molecule has 3 heterocycles. The van der Waals surface area contributed by atoms with Crippen LogP contribution in [0.1, 0.15) is 39.0 Å². The zero-order valence-electron chi connectivity index (χ0n) is 18.8. The van der Waals surface area contributed by atoms with Gasteiger partial charge in [0.1, 0.15) is 23.7 Å². The Morgan fingerprint density at radius 3 is 2.43 bits per heavy atom. The summed E-state index contributed by atoms with van der Waals surface area (Å²) in [6.07, 6.45) is 0. The molecule has 0 spiro atoms. The van der Waals surface area contributed by atoms with Crippen LogP contribution in [0.5, 0.6) is 5.75 Å². The number of para-hydroxylation sites is 1. The fourth-order valence-electron chi connectivity index (χ4n) is 4.43. The van der Waals surface area contributed by atoms with E-state index in [1.165, 1.54) is 4.90 Å². The van der Waals surface area contributed by atoms with E-state index in [4.69, 9.17) is 13.7 Å². The second-order valence-corrected chi connectivity index (χ2v) is 8.39. The van der Waals surface area contributed by atoms with E-state index < -0.39 is 11.9 Å². The molecule has 1 aliphatic heterocycles. The van der Waals surface area contributed by atoms with Crippen LogP contribution >= 0.6 is 0 Å². The second kappa shape index (κ2) is 8.29. The van der Waals surface area contributed by atoms with E-state index in [0.29, 0.717) is 34.9 Å². The quantitative estimate of drug-likeness (QED) is 0.345. The number of nitrogens with zero attached hydrogens (tertiary/aromatic N) is 2. The van der Waals surface area contributed by atoms with E-state index in [2.05, 4.69) is 5.16 Å². The Kier molecular flexibility index (Phi) is 4.95. The molecule has 7 nitrogen and oxygen atoms in total. The van der Waals surface area contributed by atoms with Gasteiger partial charge in [-0.15, -0.1) is 0 Å². The molecule has 0 N–H and O–H groups in total. The molecule has 35 heavy (non-hydrogen) atoms. The van der Waals surface area contributed by atoms with Crippen LogP contribution in [0.3, 0.4) is 0 Å². The van der Waals surface area contributed by atoms with E-state index in [9.17, 15) is 9.59 Å². The topological polar surface area (TPSA) is 85.8 Å². The molecule has 0 bridgehead atoms. The van der Waals surface area contributed by atoms with Crippen molar-refractivity contribution in [1.29, 1.82) is 0 Å². The molecule has 3 aromatic carbocycles. The highest BCUT2D eigenvalue weighted by molar-refractivity contribution is 6.10. The van der Waals surface area contributed by atoms with Crippen molar-refractivity contribution in [2.75, 3.05) is 4.90 Å². The van der Waals surface area contributed by atoms with Crippen molar-refractivity contribution in [3.8, 4) is 5.75 Å². The minimum Gasteiger partial charge on any atom is -0.489 e. The molecule has 5 aromatic rings. The monoisotopic (exact) mass is 464 g/mol. The molecule has 0 fully saturated rings. The van der Waals surface area contributed by atoms with Crippen LogP contribution in [-0.4, -0.2) is 11.1 Å². The van der Waals surface area contributed by atoms with Gasteiger partial charge in [0.15, 0.2) is 11.2 Å². The summed E-state index contributed by atoms with van der Waals surface area (Å²) in [6, 6.07) is 25.1. The molecule has 0 aliphatic carbocycles. The SMILES string of the molecule is Cc1cc(N2C(=O)c3oc4ccccc4c(=O)c3[C@@H]2c2ccc(OCc3ccccc3)cc2)no1. The van der Waals surface area contributed by atoms with Gasteiger partial charge in [-0.2, -0.15) is 0 Å². The highest BCUT2D eigenvalue weighted by atomic mass is 16.5. The maximum Gasteiger partial charge on any atom is 0.296 e. The summed E-state index contributed by atoms with van der Waals surface area (Å²) >= 11 is 0. The number of amides is 1. The first-order chi connectivity index (χ1) is 17.1. The van der Waals surface area contributed by atoms with Gasteiger partial charge in [-0.05, 0) is 42.3 Å². The van der Waals surface area contributed by atoms with Crippen molar-refractivity contribution in [1.82, 2.24) is 5.16 Å². The molecule has 0 unspecified atom stereocenters. The average Bonchev–Trinajstić information content (AvgIpc) is 3.44. The largest absolute Gasteiger partial charge is 0.489 e. The molecule has 1 amide bonds. The normalized spacial score (nSPS) is 14.9. The minimum atomic E-state index is -0.717. The smallest absolute Gasteiger partial charge is 0.296 e. The van der Waals surface area contributed by atoms with Gasteiger partial charge >= 0.3 is 0 Å². The molecular weight excluding hydrogens is 444 g/mol. The number of rotatable bonds is 5. The molecule has 0 saturated heterocycles. The lowest BCUT2D eigenvalue weighted by molar-refractivity contribution is 0.0969. The minimum absolute atomic E-state index is 0.0174. The predicted octanol–water partition coefficient (Wildman–Crippen LogP) is 5.42. The fraction of sp³-hybridized carbons (Fsp3) is 0.107. The Labute approximate surface area is 200 Å². The number of benzene rings is 3. The number of carbonyl (C=O) groups is 1. The van der Waals surface area contributed by atoms with Crippen molar-refractivity contribution in [3.63, 3.8) is 0 Å². The Morgan fingerprint density at radius 1 is 0.943 bits per heavy atom. The number of carbonyl (C=O) groups excluding carboxylic acids is 1.